The molecule has 2 rings (SSSR count). The second-order valence-corrected chi connectivity index (χ2v) is 5.46. The average Bonchev–Trinajstić information content (AvgIpc) is 2.63. The molecule has 26 heavy (non-hydrogen) atoms. The van der Waals surface area contributed by atoms with Gasteiger partial charge in [0.2, 0.25) is 0 Å². The van der Waals surface area contributed by atoms with Gasteiger partial charge in [0.05, 0.1) is 10.5 Å². The number of methoxy groups -OCH3 is 2. The first kappa shape index (κ1) is 19.4. The molecule has 0 bridgehead atoms. The maximum absolute atomic E-state index is 10.7. The monoisotopic (exact) mass is 359 g/mol. The Kier molecular flexibility index (Phi) is 7.13. The zero-order chi connectivity index (χ0) is 18.9. The molecule has 138 valence electrons. The molecular formula is C19H21NO6. The van der Waals surface area contributed by atoms with Crippen molar-refractivity contribution in [2.45, 2.75) is 6.92 Å². The first-order valence-electron chi connectivity index (χ1n) is 7.85. The minimum Gasteiger partial charge on any atom is -0.467 e. The summed E-state index contributed by atoms with van der Waals surface area (Å²) >= 11 is 0. The van der Waals surface area contributed by atoms with Crippen LogP contribution < -0.4 is 9.47 Å². The summed E-state index contributed by atoms with van der Waals surface area (Å²) in [5.41, 5.74) is 2.55. The number of non-ortho nitro benzene ring substituents is 1. The van der Waals surface area contributed by atoms with Crippen molar-refractivity contribution in [3.8, 4) is 11.5 Å². The topological polar surface area (TPSA) is 80.1 Å². The highest BCUT2D eigenvalue weighted by atomic mass is 16.7. The first-order chi connectivity index (χ1) is 12.5. The first-order valence-corrected chi connectivity index (χ1v) is 7.85. The van der Waals surface area contributed by atoms with E-state index in [-0.39, 0.29) is 19.3 Å². The second kappa shape index (κ2) is 9.55. The van der Waals surface area contributed by atoms with Crippen LogP contribution in [0.15, 0.2) is 36.4 Å². The van der Waals surface area contributed by atoms with Crippen LogP contribution in [0.3, 0.4) is 0 Å². The second-order valence-electron chi connectivity index (χ2n) is 5.46. The summed E-state index contributed by atoms with van der Waals surface area (Å²) in [7, 11) is 3.09. The van der Waals surface area contributed by atoms with Crippen LogP contribution in [0, 0.1) is 17.0 Å². The van der Waals surface area contributed by atoms with Gasteiger partial charge in [-0.15, -0.1) is 0 Å². The number of nitro benzene ring substituents is 1. The van der Waals surface area contributed by atoms with E-state index >= 15 is 0 Å². The molecule has 0 spiro atoms. The predicted octanol–water partition coefficient (Wildman–Crippen LogP) is 4.04. The molecule has 2 aromatic rings. The number of aryl methyl sites for hydroxylation is 1. The van der Waals surface area contributed by atoms with Crippen LogP contribution in [0.1, 0.15) is 16.7 Å². The highest BCUT2D eigenvalue weighted by Crippen LogP contribution is 2.33. The van der Waals surface area contributed by atoms with E-state index in [1.54, 1.807) is 26.4 Å². The number of hydrogen-bond acceptors (Lipinski definition) is 6. The van der Waals surface area contributed by atoms with Crippen molar-refractivity contribution >= 4 is 17.8 Å². The van der Waals surface area contributed by atoms with E-state index in [0.717, 1.165) is 16.7 Å². The van der Waals surface area contributed by atoms with Crippen molar-refractivity contribution in [3.05, 3.63) is 63.2 Å². The summed E-state index contributed by atoms with van der Waals surface area (Å²) in [5.74, 6) is 1.22. The van der Waals surface area contributed by atoms with Crippen molar-refractivity contribution in [1.82, 2.24) is 0 Å². The van der Waals surface area contributed by atoms with Crippen LogP contribution in [0.4, 0.5) is 5.69 Å². The summed E-state index contributed by atoms with van der Waals surface area (Å²) in [6, 6.07) is 10.0. The van der Waals surface area contributed by atoms with E-state index in [4.69, 9.17) is 18.9 Å². The van der Waals surface area contributed by atoms with Crippen molar-refractivity contribution in [3.63, 3.8) is 0 Å². The molecule has 0 aliphatic rings. The molecule has 2 aromatic carbocycles. The smallest absolute Gasteiger partial charge is 0.269 e. The lowest BCUT2D eigenvalue weighted by molar-refractivity contribution is -0.384. The van der Waals surface area contributed by atoms with Gasteiger partial charge in [0.1, 0.15) is 11.5 Å². The summed E-state index contributed by atoms with van der Waals surface area (Å²) in [5, 5.41) is 10.7. The van der Waals surface area contributed by atoms with E-state index in [9.17, 15) is 10.1 Å². The Morgan fingerprint density at radius 3 is 1.96 bits per heavy atom. The molecule has 0 radical (unpaired) electrons. The molecule has 0 saturated heterocycles. The van der Waals surface area contributed by atoms with Gasteiger partial charge in [-0.25, -0.2) is 0 Å². The van der Waals surface area contributed by atoms with E-state index in [1.165, 1.54) is 12.1 Å². The molecule has 0 saturated carbocycles. The fourth-order valence-corrected chi connectivity index (χ4v) is 2.27. The molecule has 7 nitrogen and oxygen atoms in total. The highest BCUT2D eigenvalue weighted by Gasteiger charge is 2.11. The van der Waals surface area contributed by atoms with E-state index in [0.29, 0.717) is 11.5 Å². The zero-order valence-electron chi connectivity index (χ0n) is 14.9. The third-order valence-corrected chi connectivity index (χ3v) is 3.46. The number of nitrogens with zero attached hydrogens (tertiary/aromatic N) is 1. The number of benzene rings is 2. The van der Waals surface area contributed by atoms with Gasteiger partial charge in [-0.2, -0.15) is 0 Å². The number of ether oxygens (including phenoxy) is 4. The van der Waals surface area contributed by atoms with E-state index in [2.05, 4.69) is 0 Å². The Morgan fingerprint density at radius 2 is 1.50 bits per heavy atom. The summed E-state index contributed by atoms with van der Waals surface area (Å²) in [4.78, 5) is 10.3. The summed E-state index contributed by atoms with van der Waals surface area (Å²) in [6.45, 7) is 2.14. The zero-order valence-corrected chi connectivity index (χ0v) is 14.9. The molecule has 7 heteroatoms. The minimum absolute atomic E-state index is 0.0470. The van der Waals surface area contributed by atoms with Crippen LogP contribution in [-0.2, 0) is 9.47 Å². The summed E-state index contributed by atoms with van der Waals surface area (Å²) in [6.07, 6.45) is 3.66. The van der Waals surface area contributed by atoms with Crippen LogP contribution >= 0.6 is 0 Å². The van der Waals surface area contributed by atoms with Gasteiger partial charge in [-0.3, -0.25) is 10.1 Å². The average molecular weight is 359 g/mol. The molecule has 0 aromatic heterocycles. The van der Waals surface area contributed by atoms with Gasteiger partial charge in [0.15, 0.2) is 13.6 Å². The fourth-order valence-electron chi connectivity index (χ4n) is 2.27. The largest absolute Gasteiger partial charge is 0.467 e. The lowest BCUT2D eigenvalue weighted by Crippen LogP contribution is -2.04. The Bertz CT molecular complexity index is 741. The van der Waals surface area contributed by atoms with E-state index in [1.807, 2.05) is 31.2 Å². The molecule has 0 aliphatic carbocycles. The minimum atomic E-state index is -0.430. The Labute approximate surface area is 151 Å². The maximum Gasteiger partial charge on any atom is 0.269 e. The van der Waals surface area contributed by atoms with E-state index < -0.39 is 4.92 Å². The van der Waals surface area contributed by atoms with Crippen LogP contribution in [0.2, 0.25) is 0 Å². The maximum atomic E-state index is 10.7. The lowest BCUT2D eigenvalue weighted by atomic mass is 10.1. The van der Waals surface area contributed by atoms with Gasteiger partial charge in [0, 0.05) is 26.4 Å². The molecule has 0 aliphatic heterocycles. The van der Waals surface area contributed by atoms with Gasteiger partial charge in [-0.05, 0) is 48.4 Å². The van der Waals surface area contributed by atoms with Crippen molar-refractivity contribution in [1.29, 1.82) is 0 Å². The molecule has 0 fully saturated rings. The van der Waals surface area contributed by atoms with Crippen LogP contribution in [-0.4, -0.2) is 32.7 Å². The molecule has 0 amide bonds. The van der Waals surface area contributed by atoms with Crippen molar-refractivity contribution in [2.75, 3.05) is 27.8 Å². The van der Waals surface area contributed by atoms with Gasteiger partial charge >= 0.3 is 0 Å². The number of nitro groups is 1. The summed E-state index contributed by atoms with van der Waals surface area (Å²) < 4.78 is 21.3. The molecule has 0 N–H and O–H groups in total. The predicted molar refractivity (Wildman–Crippen MR) is 98.2 cm³/mol. The molecule has 0 atom stereocenters. The molecular weight excluding hydrogens is 338 g/mol. The number of hydrogen-bond donors (Lipinski definition) is 0. The van der Waals surface area contributed by atoms with Gasteiger partial charge in [0.25, 0.3) is 5.69 Å². The standard InChI is InChI=1S/C19H21NO6/c1-14-10-18(25-12-23-2)17(19(11-14)26-13-24-3)9-6-15-4-7-16(8-5-15)20(21)22/h4-11H,12-13H2,1-3H3/b9-6+. The van der Waals surface area contributed by atoms with Crippen molar-refractivity contribution in [2.24, 2.45) is 0 Å². The van der Waals surface area contributed by atoms with Crippen LogP contribution in [0.5, 0.6) is 11.5 Å². The Hall–Kier alpha value is -2.90. The molecule has 0 unspecified atom stereocenters. The number of rotatable bonds is 9. The van der Waals surface area contributed by atoms with Gasteiger partial charge in [-0.1, -0.05) is 6.08 Å². The third kappa shape index (κ3) is 5.30. The normalized spacial score (nSPS) is 10.9. The lowest BCUT2D eigenvalue weighted by Gasteiger charge is -2.15. The van der Waals surface area contributed by atoms with Gasteiger partial charge < -0.3 is 18.9 Å². The Morgan fingerprint density at radius 1 is 0.962 bits per heavy atom. The van der Waals surface area contributed by atoms with Crippen LogP contribution in [0.25, 0.3) is 12.2 Å². The van der Waals surface area contributed by atoms with Crippen molar-refractivity contribution < 1.29 is 23.9 Å². The Balaban J connectivity index is 2.35. The fraction of sp³-hybridized carbons (Fsp3) is 0.263. The molecule has 0 heterocycles. The SMILES string of the molecule is COCOc1cc(C)cc(OCOC)c1/C=C/c1ccc([N+](=O)[O-])cc1. The highest BCUT2D eigenvalue weighted by molar-refractivity contribution is 5.76. The third-order valence-electron chi connectivity index (χ3n) is 3.46. The quantitative estimate of drug-likeness (QED) is 0.291.